The number of hydrogen-bond acceptors (Lipinski definition) is 4. The van der Waals surface area contributed by atoms with Gasteiger partial charge >= 0.3 is 0 Å². The molecule has 0 amide bonds. The first-order valence-corrected chi connectivity index (χ1v) is 16.1. The lowest BCUT2D eigenvalue weighted by molar-refractivity contribution is -0.0823. The van der Waals surface area contributed by atoms with Gasteiger partial charge in [-0.2, -0.15) is 0 Å². The Kier molecular flexibility index (Phi) is 9.04. The summed E-state index contributed by atoms with van der Waals surface area (Å²) in [5.41, 5.74) is 0. The minimum atomic E-state index is -1.77. The maximum absolute atomic E-state index is 6.32. The third kappa shape index (κ3) is 10.7. The molecule has 6 heteroatoms. The van der Waals surface area contributed by atoms with Crippen LogP contribution >= 0.6 is 0 Å². The second-order valence-corrected chi connectivity index (χ2v) is 20.2. The summed E-state index contributed by atoms with van der Waals surface area (Å²) in [5.74, 6) is 0. The van der Waals surface area contributed by atoms with E-state index < -0.39 is 16.4 Å². The molecule has 0 N–H and O–H groups in total. The molecule has 4 nitrogen and oxygen atoms in total. The Labute approximate surface area is 157 Å². The Morgan fingerprint density at radius 3 is 2.32 bits per heavy atom. The van der Waals surface area contributed by atoms with Crippen molar-refractivity contribution in [2.24, 2.45) is 0 Å². The topological polar surface area (TPSA) is 40.2 Å². The van der Waals surface area contributed by atoms with Crippen LogP contribution in [0.15, 0.2) is 12.2 Å². The summed E-state index contributed by atoms with van der Waals surface area (Å²) < 4.78 is 23.2. The molecule has 1 saturated heterocycles. The maximum atomic E-state index is 6.32. The van der Waals surface area contributed by atoms with Gasteiger partial charge in [-0.05, 0) is 30.6 Å². The Balaban J connectivity index is 2.41. The lowest BCUT2D eigenvalue weighted by Gasteiger charge is -2.37. The van der Waals surface area contributed by atoms with Crippen LogP contribution in [0.1, 0.15) is 27.2 Å². The van der Waals surface area contributed by atoms with Crippen LogP contribution < -0.4 is 0 Å². The quantitative estimate of drug-likeness (QED) is 0.154. The van der Waals surface area contributed by atoms with Crippen LogP contribution in [0.2, 0.25) is 43.8 Å². The van der Waals surface area contributed by atoms with Crippen molar-refractivity contribution in [2.45, 2.75) is 83.2 Å². The van der Waals surface area contributed by atoms with Gasteiger partial charge in [-0.1, -0.05) is 52.6 Å². The van der Waals surface area contributed by atoms with Crippen molar-refractivity contribution >= 4 is 16.4 Å². The summed E-state index contributed by atoms with van der Waals surface area (Å²) >= 11 is 0. The molecule has 1 fully saturated rings. The molecular weight excluding hydrogens is 348 g/mol. The van der Waals surface area contributed by atoms with E-state index in [9.17, 15) is 0 Å². The molecule has 2 atom stereocenters. The Bertz CT molecular complexity index is 407. The monoisotopic (exact) mass is 388 g/mol. The first-order valence-electron chi connectivity index (χ1n) is 9.52. The first-order chi connectivity index (χ1) is 11.4. The standard InChI is InChI=1S/C19H40O4Si2/c1-19(2,3)25(7,8)23-15-18(11-9-10-17-14-21-17)22-16-20-12-13-24(4,5)6/h9,11,17-18H,10,12-16H2,1-8H3/b11-9-/t17-,18+/m1/s1. The predicted molar refractivity (Wildman–Crippen MR) is 110 cm³/mol. The molecule has 25 heavy (non-hydrogen) atoms. The largest absolute Gasteiger partial charge is 0.414 e. The molecule has 0 saturated carbocycles. The highest BCUT2D eigenvalue weighted by Gasteiger charge is 2.37. The predicted octanol–water partition coefficient (Wildman–Crippen LogP) is 5.05. The van der Waals surface area contributed by atoms with Crippen molar-refractivity contribution in [3.05, 3.63) is 12.2 Å². The second-order valence-electron chi connectivity index (χ2n) is 9.73. The van der Waals surface area contributed by atoms with Crippen LogP contribution in [0.5, 0.6) is 0 Å². The lowest BCUT2D eigenvalue weighted by atomic mass is 10.2. The van der Waals surface area contributed by atoms with Crippen molar-refractivity contribution in [3.63, 3.8) is 0 Å². The van der Waals surface area contributed by atoms with Gasteiger partial charge < -0.3 is 18.6 Å². The molecule has 0 aromatic carbocycles. The SMILES string of the molecule is CC(C)(C)[Si](C)(C)OC[C@H](/C=C\C[C@@H]1CO1)OCOCC[Si](C)(C)C. The zero-order valence-electron chi connectivity index (χ0n) is 17.7. The highest BCUT2D eigenvalue weighted by Crippen LogP contribution is 2.36. The lowest BCUT2D eigenvalue weighted by Crippen LogP contribution is -2.42. The summed E-state index contributed by atoms with van der Waals surface area (Å²) in [6, 6.07) is 1.16. The fourth-order valence-corrected chi connectivity index (χ4v) is 3.60. The second kappa shape index (κ2) is 9.81. The van der Waals surface area contributed by atoms with Gasteiger partial charge in [0.15, 0.2) is 8.32 Å². The average molecular weight is 389 g/mol. The summed E-state index contributed by atoms with van der Waals surface area (Å²) in [4.78, 5) is 0. The van der Waals surface area contributed by atoms with Gasteiger partial charge in [0, 0.05) is 14.7 Å². The average Bonchev–Trinajstić information content (AvgIpc) is 3.25. The molecule has 1 aliphatic rings. The number of ether oxygens (including phenoxy) is 3. The molecular formula is C19H40O4Si2. The molecule has 0 bridgehead atoms. The van der Waals surface area contributed by atoms with E-state index in [0.29, 0.717) is 19.5 Å². The van der Waals surface area contributed by atoms with Crippen LogP contribution in [-0.2, 0) is 18.6 Å². The minimum Gasteiger partial charge on any atom is -0.414 e. The van der Waals surface area contributed by atoms with Gasteiger partial charge in [0.2, 0.25) is 0 Å². The molecule has 0 radical (unpaired) electrons. The van der Waals surface area contributed by atoms with Crippen molar-refractivity contribution in [1.82, 2.24) is 0 Å². The fourth-order valence-electron chi connectivity index (χ4n) is 1.83. The minimum absolute atomic E-state index is 0.0558. The third-order valence-electron chi connectivity index (χ3n) is 4.93. The molecule has 1 aliphatic heterocycles. The third-order valence-corrected chi connectivity index (χ3v) is 11.1. The summed E-state index contributed by atoms with van der Waals surface area (Å²) in [6.07, 6.45) is 5.57. The van der Waals surface area contributed by atoms with Gasteiger partial charge in [-0.15, -0.1) is 0 Å². The van der Waals surface area contributed by atoms with E-state index in [2.05, 4.69) is 65.7 Å². The molecule has 0 aliphatic carbocycles. The van der Waals surface area contributed by atoms with Gasteiger partial charge in [-0.25, -0.2) is 0 Å². The van der Waals surface area contributed by atoms with Crippen LogP contribution in [0.4, 0.5) is 0 Å². The van der Waals surface area contributed by atoms with E-state index in [-0.39, 0.29) is 11.1 Å². The van der Waals surface area contributed by atoms with Crippen LogP contribution in [0.25, 0.3) is 0 Å². The van der Waals surface area contributed by atoms with E-state index in [0.717, 1.165) is 25.7 Å². The molecule has 0 spiro atoms. The zero-order chi connectivity index (χ0) is 19.1. The molecule has 148 valence electrons. The smallest absolute Gasteiger partial charge is 0.192 e. The van der Waals surface area contributed by atoms with Crippen molar-refractivity contribution in [2.75, 3.05) is 26.6 Å². The van der Waals surface area contributed by atoms with Crippen molar-refractivity contribution in [3.8, 4) is 0 Å². The molecule has 0 aromatic rings. The van der Waals surface area contributed by atoms with Crippen molar-refractivity contribution < 1.29 is 18.6 Å². The Morgan fingerprint density at radius 2 is 1.80 bits per heavy atom. The highest BCUT2D eigenvalue weighted by atomic mass is 28.4. The van der Waals surface area contributed by atoms with Gasteiger partial charge in [0.05, 0.1) is 19.3 Å². The molecule has 1 rings (SSSR count). The van der Waals surface area contributed by atoms with E-state index in [1.807, 2.05) is 0 Å². The van der Waals surface area contributed by atoms with Crippen LogP contribution in [0.3, 0.4) is 0 Å². The Hall–Kier alpha value is 0.0138. The van der Waals surface area contributed by atoms with Gasteiger partial charge in [0.1, 0.15) is 12.9 Å². The van der Waals surface area contributed by atoms with Crippen molar-refractivity contribution in [1.29, 1.82) is 0 Å². The normalized spacial score (nSPS) is 20.2. The van der Waals surface area contributed by atoms with E-state index in [4.69, 9.17) is 18.6 Å². The molecule has 0 unspecified atom stereocenters. The van der Waals surface area contributed by atoms with Gasteiger partial charge in [0.25, 0.3) is 0 Å². The van der Waals surface area contributed by atoms with Gasteiger partial charge in [-0.3, -0.25) is 0 Å². The van der Waals surface area contributed by atoms with E-state index >= 15 is 0 Å². The summed E-state index contributed by atoms with van der Waals surface area (Å²) in [6.45, 7) is 21.0. The number of epoxide rings is 1. The number of rotatable bonds is 12. The molecule has 1 heterocycles. The maximum Gasteiger partial charge on any atom is 0.192 e. The summed E-state index contributed by atoms with van der Waals surface area (Å²) in [5, 5.41) is 0.205. The summed E-state index contributed by atoms with van der Waals surface area (Å²) in [7, 11) is -2.82. The molecule has 0 aromatic heterocycles. The van der Waals surface area contributed by atoms with E-state index in [1.54, 1.807) is 0 Å². The fraction of sp³-hybridized carbons (Fsp3) is 0.895. The van der Waals surface area contributed by atoms with Crippen LogP contribution in [0, 0.1) is 0 Å². The van der Waals surface area contributed by atoms with E-state index in [1.165, 1.54) is 0 Å². The van der Waals surface area contributed by atoms with Crippen LogP contribution in [-0.4, -0.2) is 55.2 Å². The Morgan fingerprint density at radius 1 is 1.16 bits per heavy atom. The highest BCUT2D eigenvalue weighted by molar-refractivity contribution is 6.76. The zero-order valence-corrected chi connectivity index (χ0v) is 19.7. The number of hydrogen-bond donors (Lipinski definition) is 0. The first kappa shape index (κ1) is 23.1.